The maximum Gasteiger partial charge on any atom is 0.248 e. The van der Waals surface area contributed by atoms with Gasteiger partial charge in [0.25, 0.3) is 0 Å². The fraction of sp³-hybridized carbons (Fsp3) is 0.474. The fourth-order valence-corrected chi connectivity index (χ4v) is 3.69. The zero-order chi connectivity index (χ0) is 17.0. The molecule has 2 aliphatic heterocycles. The molecule has 1 N–H and O–H groups in total. The van der Waals surface area contributed by atoms with Crippen LogP contribution >= 0.6 is 0 Å². The number of hydrogen-bond donors (Lipinski definition) is 1. The minimum Gasteiger partial charge on any atom is -0.387 e. The highest BCUT2D eigenvalue weighted by molar-refractivity contribution is 5.80. The lowest BCUT2D eigenvalue weighted by Gasteiger charge is -2.38. The molecule has 2 aliphatic rings. The minimum atomic E-state index is -0.428. The van der Waals surface area contributed by atoms with Crippen molar-refractivity contribution in [1.82, 2.24) is 9.80 Å². The first-order valence-corrected chi connectivity index (χ1v) is 8.50. The van der Waals surface area contributed by atoms with Gasteiger partial charge in [-0.1, -0.05) is 42.5 Å². The summed E-state index contributed by atoms with van der Waals surface area (Å²) in [6, 6.07) is 10.1. The number of likely N-dealkylation sites (tertiary alicyclic amines) is 2. The molecule has 0 radical (unpaired) electrons. The molecule has 0 aromatic heterocycles. The first-order valence-electron chi connectivity index (χ1n) is 8.50. The average molecular weight is 328 g/mol. The number of benzene rings is 1. The van der Waals surface area contributed by atoms with Crippen LogP contribution < -0.4 is 0 Å². The number of aliphatic hydroxyl groups excluding tert-OH is 1. The molecule has 128 valence electrons. The van der Waals surface area contributed by atoms with Gasteiger partial charge in [-0.2, -0.15) is 0 Å². The summed E-state index contributed by atoms with van der Waals surface area (Å²) in [5.74, 6) is -0.00790. The van der Waals surface area contributed by atoms with Crippen LogP contribution in [0.3, 0.4) is 0 Å². The van der Waals surface area contributed by atoms with Crippen LogP contribution in [0.1, 0.15) is 24.8 Å². The van der Waals surface area contributed by atoms with E-state index in [1.54, 1.807) is 4.90 Å². The van der Waals surface area contributed by atoms with Crippen molar-refractivity contribution in [2.45, 2.75) is 19.3 Å². The van der Waals surface area contributed by atoms with E-state index < -0.39 is 6.61 Å². The number of rotatable bonds is 4. The molecule has 1 spiro atoms. The highest BCUT2D eigenvalue weighted by Gasteiger charge is 2.44. The maximum atomic E-state index is 12.3. The molecule has 0 saturated carbocycles. The second kappa shape index (κ2) is 7.18. The molecular weight excluding hydrogens is 304 g/mol. The molecule has 3 rings (SSSR count). The van der Waals surface area contributed by atoms with Crippen LogP contribution in [0.4, 0.5) is 0 Å². The molecule has 0 atom stereocenters. The zero-order valence-corrected chi connectivity index (χ0v) is 13.9. The van der Waals surface area contributed by atoms with Crippen molar-refractivity contribution in [2.24, 2.45) is 5.41 Å². The number of nitrogens with zero attached hydrogens (tertiary/aromatic N) is 2. The summed E-state index contributed by atoms with van der Waals surface area (Å²) in [5.41, 5.74) is 1.14. The van der Waals surface area contributed by atoms with E-state index in [9.17, 15) is 9.59 Å². The van der Waals surface area contributed by atoms with Crippen molar-refractivity contribution in [3.63, 3.8) is 0 Å². The van der Waals surface area contributed by atoms with Gasteiger partial charge in [-0.25, -0.2) is 0 Å². The largest absolute Gasteiger partial charge is 0.387 e. The van der Waals surface area contributed by atoms with Crippen molar-refractivity contribution in [2.75, 3.05) is 32.8 Å². The van der Waals surface area contributed by atoms with Crippen LogP contribution in [0.5, 0.6) is 0 Å². The normalized spacial score (nSPS) is 20.3. The van der Waals surface area contributed by atoms with E-state index in [-0.39, 0.29) is 17.2 Å². The standard InChI is InChI=1S/C19H24N2O3/c22-14-18(24)20-11-8-19(9-12-20)13-17(23)21(15-19)10-4-7-16-5-2-1-3-6-16/h1-7,22H,8-15H2. The Kier molecular flexibility index (Phi) is 5.00. The van der Waals surface area contributed by atoms with Gasteiger partial charge < -0.3 is 14.9 Å². The molecule has 0 aliphatic carbocycles. The van der Waals surface area contributed by atoms with Crippen LogP contribution in [-0.4, -0.2) is 59.5 Å². The van der Waals surface area contributed by atoms with Gasteiger partial charge in [-0.3, -0.25) is 9.59 Å². The third-order valence-electron chi connectivity index (χ3n) is 5.15. The summed E-state index contributed by atoms with van der Waals surface area (Å²) in [6.07, 6.45) is 6.33. The lowest BCUT2D eigenvalue weighted by molar-refractivity contribution is -0.136. The summed E-state index contributed by atoms with van der Waals surface area (Å²) in [5, 5.41) is 8.96. The molecule has 5 nitrogen and oxygen atoms in total. The Morgan fingerprint density at radius 3 is 2.58 bits per heavy atom. The van der Waals surface area contributed by atoms with Gasteiger partial charge in [-0.15, -0.1) is 0 Å². The van der Waals surface area contributed by atoms with Crippen LogP contribution in [0.15, 0.2) is 36.4 Å². The lowest BCUT2D eigenvalue weighted by atomic mass is 9.77. The predicted octanol–water partition coefficient (Wildman–Crippen LogP) is 1.53. The monoisotopic (exact) mass is 328 g/mol. The van der Waals surface area contributed by atoms with Crippen molar-refractivity contribution in [1.29, 1.82) is 0 Å². The molecule has 2 fully saturated rings. The molecule has 24 heavy (non-hydrogen) atoms. The molecule has 2 heterocycles. The molecule has 0 bridgehead atoms. The van der Waals surface area contributed by atoms with Gasteiger partial charge in [0.2, 0.25) is 11.8 Å². The molecule has 0 unspecified atom stereocenters. The van der Waals surface area contributed by atoms with Gasteiger partial charge in [-0.05, 0) is 18.4 Å². The van der Waals surface area contributed by atoms with Crippen molar-refractivity contribution < 1.29 is 14.7 Å². The van der Waals surface area contributed by atoms with Gasteiger partial charge in [0.15, 0.2) is 0 Å². The van der Waals surface area contributed by atoms with Crippen LogP contribution in [0, 0.1) is 5.41 Å². The lowest BCUT2D eigenvalue weighted by Crippen LogP contribution is -2.45. The minimum absolute atomic E-state index is 0.00387. The Morgan fingerprint density at radius 1 is 1.21 bits per heavy atom. The second-order valence-corrected chi connectivity index (χ2v) is 6.80. The third-order valence-corrected chi connectivity index (χ3v) is 5.15. The number of amides is 2. The smallest absolute Gasteiger partial charge is 0.248 e. The summed E-state index contributed by atoms with van der Waals surface area (Å²) < 4.78 is 0. The maximum absolute atomic E-state index is 12.3. The van der Waals surface area contributed by atoms with Crippen molar-refractivity contribution in [3.8, 4) is 0 Å². The number of piperidine rings is 1. The Morgan fingerprint density at radius 2 is 1.92 bits per heavy atom. The van der Waals surface area contributed by atoms with Crippen molar-refractivity contribution >= 4 is 17.9 Å². The number of carbonyl (C=O) groups excluding carboxylic acids is 2. The summed E-state index contributed by atoms with van der Waals surface area (Å²) >= 11 is 0. The molecule has 2 saturated heterocycles. The van der Waals surface area contributed by atoms with Gasteiger partial charge in [0, 0.05) is 38.0 Å². The van der Waals surface area contributed by atoms with Crippen LogP contribution in [0.2, 0.25) is 0 Å². The molecule has 5 heteroatoms. The van der Waals surface area contributed by atoms with Crippen LogP contribution in [-0.2, 0) is 9.59 Å². The summed E-state index contributed by atoms with van der Waals surface area (Å²) in [4.78, 5) is 27.5. The van der Waals surface area contributed by atoms with Crippen molar-refractivity contribution in [3.05, 3.63) is 42.0 Å². The van der Waals surface area contributed by atoms with Gasteiger partial charge in [0.1, 0.15) is 6.61 Å². The van der Waals surface area contributed by atoms with E-state index in [1.165, 1.54) is 0 Å². The van der Waals surface area contributed by atoms with Gasteiger partial charge in [0.05, 0.1) is 0 Å². The van der Waals surface area contributed by atoms with E-state index in [0.29, 0.717) is 26.1 Å². The second-order valence-electron chi connectivity index (χ2n) is 6.80. The Labute approximate surface area is 142 Å². The third kappa shape index (κ3) is 3.67. The zero-order valence-electron chi connectivity index (χ0n) is 13.9. The van der Waals surface area contributed by atoms with E-state index in [4.69, 9.17) is 5.11 Å². The molecule has 1 aromatic carbocycles. The average Bonchev–Trinajstić information content (AvgIpc) is 2.91. The van der Waals surface area contributed by atoms with E-state index in [1.807, 2.05) is 47.4 Å². The fourth-order valence-electron chi connectivity index (χ4n) is 3.69. The molecular formula is C19H24N2O3. The highest BCUT2D eigenvalue weighted by Crippen LogP contribution is 2.40. The van der Waals surface area contributed by atoms with Gasteiger partial charge >= 0.3 is 0 Å². The number of aliphatic hydroxyl groups is 1. The Bertz CT molecular complexity index is 619. The predicted molar refractivity (Wildman–Crippen MR) is 92.0 cm³/mol. The quantitative estimate of drug-likeness (QED) is 0.912. The van der Waals surface area contributed by atoms with Crippen LogP contribution in [0.25, 0.3) is 6.08 Å². The number of hydrogen-bond acceptors (Lipinski definition) is 3. The van der Waals surface area contributed by atoms with E-state index in [2.05, 4.69) is 0 Å². The summed E-state index contributed by atoms with van der Waals surface area (Å²) in [6.45, 7) is 2.25. The first kappa shape index (κ1) is 16.7. The molecule has 2 amide bonds. The molecule has 1 aromatic rings. The summed E-state index contributed by atoms with van der Waals surface area (Å²) in [7, 11) is 0. The van der Waals surface area contributed by atoms with E-state index in [0.717, 1.165) is 24.9 Å². The number of carbonyl (C=O) groups is 2. The van der Waals surface area contributed by atoms with E-state index >= 15 is 0 Å². The Balaban J connectivity index is 1.54. The topological polar surface area (TPSA) is 60.9 Å². The first-order chi connectivity index (χ1) is 11.6. The SMILES string of the molecule is O=C(CO)N1CCC2(CC1)CC(=O)N(CC=Cc1ccccc1)C2. The highest BCUT2D eigenvalue weighted by atomic mass is 16.3. The Hall–Kier alpha value is -2.14.